The van der Waals surface area contributed by atoms with Crippen molar-refractivity contribution in [1.82, 2.24) is 9.47 Å². The van der Waals surface area contributed by atoms with Gasteiger partial charge in [0.2, 0.25) is 5.91 Å². The minimum atomic E-state index is -0.492. The van der Waals surface area contributed by atoms with Gasteiger partial charge in [-0.15, -0.1) is 0 Å². The van der Waals surface area contributed by atoms with Crippen LogP contribution in [0.5, 0.6) is 5.75 Å². The second-order valence-corrected chi connectivity index (χ2v) is 10.9. The Balaban J connectivity index is 1.28. The Labute approximate surface area is 248 Å². The van der Waals surface area contributed by atoms with Crippen LogP contribution in [0.1, 0.15) is 33.6 Å². The summed E-state index contributed by atoms with van der Waals surface area (Å²) >= 11 is 0.828. The summed E-state index contributed by atoms with van der Waals surface area (Å²) in [7, 11) is 0. The number of thioether (sulfide) groups is 1. The average molecular weight is 577 g/mol. The number of carbonyl (C=O) groups excluding carboxylic acids is 3. The van der Waals surface area contributed by atoms with E-state index >= 15 is 0 Å². The van der Waals surface area contributed by atoms with Crippen molar-refractivity contribution in [3.8, 4) is 17.5 Å². The number of aryl methyl sites for hydroxylation is 2. The molecule has 8 nitrogen and oxygen atoms in total. The summed E-state index contributed by atoms with van der Waals surface area (Å²) in [6.07, 6.45) is 1.70. The summed E-state index contributed by atoms with van der Waals surface area (Å²) in [6.45, 7) is 5.76. The van der Waals surface area contributed by atoms with E-state index in [0.717, 1.165) is 50.4 Å². The molecule has 0 saturated carbocycles. The lowest BCUT2D eigenvalue weighted by Gasteiger charge is -2.13. The maximum Gasteiger partial charge on any atom is 0.294 e. The molecule has 0 bridgehead atoms. The number of nitrogens with one attached hydrogen (secondary N) is 1. The number of nitrogens with zero attached hydrogens (tertiary/aromatic N) is 3. The van der Waals surface area contributed by atoms with Crippen LogP contribution in [0.4, 0.5) is 10.5 Å². The van der Waals surface area contributed by atoms with Crippen molar-refractivity contribution in [3.05, 3.63) is 117 Å². The van der Waals surface area contributed by atoms with Gasteiger partial charge in [0, 0.05) is 28.3 Å². The highest BCUT2D eigenvalue weighted by Crippen LogP contribution is 2.34. The van der Waals surface area contributed by atoms with E-state index in [9.17, 15) is 19.6 Å². The Kier molecular flexibility index (Phi) is 8.27. The number of imide groups is 1. The standard InChI is InChI=1S/C33H28N4O4S/c1-21-7-6-10-27(15-21)35-31(38)19-36-32(39)30(42-33(36)40)17-26-16-22(2)37(23(26)3)28-11-13-29(14-12-28)41-20-25-9-5-4-8-24(25)18-34/h4-17H,19-20H2,1-3H3,(H,35,38)/b30-17-. The van der Waals surface area contributed by atoms with E-state index in [1.807, 2.05) is 87.5 Å². The summed E-state index contributed by atoms with van der Waals surface area (Å²) in [5.41, 5.74) is 6.57. The van der Waals surface area contributed by atoms with Gasteiger partial charge in [-0.1, -0.05) is 30.3 Å². The smallest absolute Gasteiger partial charge is 0.294 e. The van der Waals surface area contributed by atoms with Crippen molar-refractivity contribution >= 4 is 40.6 Å². The van der Waals surface area contributed by atoms with Gasteiger partial charge in [0.25, 0.3) is 11.1 Å². The number of rotatable bonds is 8. The van der Waals surface area contributed by atoms with Crippen LogP contribution in [0.2, 0.25) is 0 Å². The topological polar surface area (TPSA) is 104 Å². The Bertz CT molecular complexity index is 1770. The third kappa shape index (κ3) is 6.14. The van der Waals surface area contributed by atoms with Gasteiger partial charge in [-0.05, 0) is 98.3 Å². The molecule has 1 N–H and O–H groups in total. The van der Waals surface area contributed by atoms with Crippen molar-refractivity contribution in [2.24, 2.45) is 0 Å². The van der Waals surface area contributed by atoms with Crippen molar-refractivity contribution in [1.29, 1.82) is 5.26 Å². The minimum absolute atomic E-state index is 0.269. The van der Waals surface area contributed by atoms with Crippen LogP contribution in [0.3, 0.4) is 0 Å². The molecule has 1 fully saturated rings. The summed E-state index contributed by atoms with van der Waals surface area (Å²) in [5.74, 6) is -0.257. The maximum atomic E-state index is 13.1. The molecule has 3 amide bonds. The third-order valence-corrected chi connectivity index (χ3v) is 7.77. The van der Waals surface area contributed by atoms with Crippen LogP contribution < -0.4 is 10.1 Å². The fourth-order valence-electron chi connectivity index (χ4n) is 4.78. The summed E-state index contributed by atoms with van der Waals surface area (Å²) in [4.78, 5) is 39.5. The van der Waals surface area contributed by atoms with Gasteiger partial charge in [0.1, 0.15) is 18.9 Å². The number of benzene rings is 3. The molecule has 5 rings (SSSR count). The van der Waals surface area contributed by atoms with Crippen molar-refractivity contribution in [2.75, 3.05) is 11.9 Å². The molecule has 42 heavy (non-hydrogen) atoms. The molecule has 1 saturated heterocycles. The van der Waals surface area contributed by atoms with Crippen LogP contribution in [-0.4, -0.2) is 33.1 Å². The number of hydrogen-bond donors (Lipinski definition) is 1. The van der Waals surface area contributed by atoms with E-state index < -0.39 is 17.1 Å². The lowest BCUT2D eigenvalue weighted by molar-refractivity contribution is -0.127. The van der Waals surface area contributed by atoms with Gasteiger partial charge in [0.15, 0.2) is 0 Å². The Morgan fingerprint density at radius 2 is 1.76 bits per heavy atom. The largest absolute Gasteiger partial charge is 0.489 e. The van der Waals surface area contributed by atoms with Crippen molar-refractivity contribution in [2.45, 2.75) is 27.4 Å². The van der Waals surface area contributed by atoms with E-state index in [-0.39, 0.29) is 18.1 Å². The maximum absolute atomic E-state index is 13.1. The molecule has 1 aromatic heterocycles. The SMILES string of the molecule is Cc1cccc(NC(=O)CN2C(=O)S/C(=C\c3cc(C)n(-c4ccc(OCc5ccccc5C#N)cc4)c3C)C2=O)c1. The predicted molar refractivity (Wildman–Crippen MR) is 163 cm³/mol. The summed E-state index contributed by atoms with van der Waals surface area (Å²) < 4.78 is 7.96. The fraction of sp³-hybridized carbons (Fsp3) is 0.152. The molecular formula is C33H28N4O4S. The molecule has 9 heteroatoms. The molecule has 0 atom stereocenters. The number of aromatic nitrogens is 1. The fourth-order valence-corrected chi connectivity index (χ4v) is 5.61. The third-order valence-electron chi connectivity index (χ3n) is 6.86. The zero-order chi connectivity index (χ0) is 29.8. The van der Waals surface area contributed by atoms with E-state index in [4.69, 9.17) is 4.74 Å². The highest BCUT2D eigenvalue weighted by molar-refractivity contribution is 8.18. The van der Waals surface area contributed by atoms with Crippen LogP contribution in [0, 0.1) is 32.1 Å². The number of ether oxygens (including phenoxy) is 1. The molecule has 3 aromatic carbocycles. The van der Waals surface area contributed by atoms with Crippen molar-refractivity contribution < 1.29 is 19.1 Å². The zero-order valence-electron chi connectivity index (χ0n) is 23.4. The number of nitriles is 1. The minimum Gasteiger partial charge on any atom is -0.489 e. The average Bonchev–Trinajstić information content (AvgIpc) is 3.40. The highest BCUT2D eigenvalue weighted by Gasteiger charge is 2.36. The molecule has 210 valence electrons. The molecule has 0 aliphatic carbocycles. The number of carbonyl (C=O) groups is 3. The van der Waals surface area contributed by atoms with E-state index in [2.05, 4.69) is 16.0 Å². The Morgan fingerprint density at radius 1 is 1.00 bits per heavy atom. The van der Waals surface area contributed by atoms with E-state index in [1.165, 1.54) is 0 Å². The molecule has 0 unspecified atom stereocenters. The first-order chi connectivity index (χ1) is 20.2. The van der Waals surface area contributed by atoms with Gasteiger partial charge in [-0.3, -0.25) is 19.3 Å². The summed E-state index contributed by atoms with van der Waals surface area (Å²) in [5, 5.41) is 11.5. The Hall–Kier alpha value is -5.07. The van der Waals surface area contributed by atoms with Crippen molar-refractivity contribution in [3.63, 3.8) is 0 Å². The van der Waals surface area contributed by atoms with E-state index in [1.54, 1.807) is 18.2 Å². The molecule has 1 aliphatic rings. The van der Waals surface area contributed by atoms with E-state index in [0.29, 0.717) is 17.0 Å². The first-order valence-electron chi connectivity index (χ1n) is 13.3. The normalized spacial score (nSPS) is 13.9. The highest BCUT2D eigenvalue weighted by atomic mass is 32.2. The molecule has 0 spiro atoms. The molecule has 2 heterocycles. The Morgan fingerprint density at radius 3 is 2.50 bits per heavy atom. The molecule has 4 aromatic rings. The first-order valence-corrected chi connectivity index (χ1v) is 14.1. The lowest BCUT2D eigenvalue weighted by Crippen LogP contribution is -2.36. The second-order valence-electron chi connectivity index (χ2n) is 9.90. The monoisotopic (exact) mass is 576 g/mol. The number of hydrogen-bond acceptors (Lipinski definition) is 6. The predicted octanol–water partition coefficient (Wildman–Crippen LogP) is 6.53. The van der Waals surface area contributed by atoms with Gasteiger partial charge < -0.3 is 14.6 Å². The van der Waals surface area contributed by atoms with Gasteiger partial charge >= 0.3 is 0 Å². The first kappa shape index (κ1) is 28.5. The zero-order valence-corrected chi connectivity index (χ0v) is 24.2. The number of anilines is 1. The molecule has 1 aliphatic heterocycles. The molecular weight excluding hydrogens is 548 g/mol. The second kappa shape index (κ2) is 12.2. The van der Waals surface area contributed by atoms with Gasteiger partial charge in [-0.2, -0.15) is 5.26 Å². The van der Waals surface area contributed by atoms with Crippen LogP contribution in [0.15, 0.2) is 83.8 Å². The van der Waals surface area contributed by atoms with Gasteiger partial charge in [-0.25, -0.2) is 0 Å². The van der Waals surface area contributed by atoms with Gasteiger partial charge in [0.05, 0.1) is 16.5 Å². The van der Waals surface area contributed by atoms with Crippen LogP contribution in [0.25, 0.3) is 11.8 Å². The summed E-state index contributed by atoms with van der Waals surface area (Å²) in [6, 6.07) is 26.4. The van der Waals surface area contributed by atoms with Crippen LogP contribution in [-0.2, 0) is 16.2 Å². The van der Waals surface area contributed by atoms with Crippen LogP contribution >= 0.6 is 11.8 Å². The molecule has 0 radical (unpaired) electrons. The quantitative estimate of drug-likeness (QED) is 0.239. The number of amides is 3. The lowest BCUT2D eigenvalue weighted by atomic mass is 10.1.